The van der Waals surface area contributed by atoms with Crippen molar-refractivity contribution >= 4 is 34.6 Å². The van der Waals surface area contributed by atoms with Gasteiger partial charge in [-0.1, -0.05) is 24.9 Å². The number of aliphatic hydroxyl groups excluding tert-OH is 1. The van der Waals surface area contributed by atoms with Crippen LogP contribution in [0.1, 0.15) is 31.7 Å². The van der Waals surface area contributed by atoms with Crippen molar-refractivity contribution in [3.05, 3.63) is 59.6 Å². The number of pyridine rings is 1. The summed E-state index contributed by atoms with van der Waals surface area (Å²) >= 11 is 6.38. The number of hydrogen-bond donors (Lipinski definition) is 1. The van der Waals surface area contributed by atoms with Crippen molar-refractivity contribution in [2.24, 2.45) is 5.92 Å². The number of aromatic nitrogens is 4. The number of piperidine rings is 1. The fourth-order valence-corrected chi connectivity index (χ4v) is 6.06. The predicted molar refractivity (Wildman–Crippen MR) is 160 cm³/mol. The van der Waals surface area contributed by atoms with Crippen molar-refractivity contribution in [1.29, 1.82) is 0 Å². The number of fused-ring (bicyclic) bond motifs is 1. The summed E-state index contributed by atoms with van der Waals surface area (Å²) in [5, 5.41) is 10.4. The Morgan fingerprint density at radius 1 is 0.950 bits per heavy atom. The fourth-order valence-electron chi connectivity index (χ4n) is 5.82. The molecule has 10 heteroatoms. The first kappa shape index (κ1) is 26.7. The number of benzene rings is 1. The van der Waals surface area contributed by atoms with Crippen LogP contribution in [0.5, 0.6) is 5.75 Å². The molecule has 1 aromatic carbocycles. The summed E-state index contributed by atoms with van der Waals surface area (Å²) in [6.45, 7) is 7.87. The van der Waals surface area contributed by atoms with Crippen molar-refractivity contribution in [3.8, 4) is 17.0 Å². The van der Waals surface area contributed by atoms with Gasteiger partial charge in [-0.2, -0.15) is 0 Å². The molecule has 0 spiro atoms. The molecule has 2 fully saturated rings. The largest absolute Gasteiger partial charge is 0.495 e. The number of anilines is 3. The molecule has 0 unspecified atom stereocenters. The third-order valence-corrected chi connectivity index (χ3v) is 8.67. The molecule has 6 rings (SSSR count). The molecule has 210 valence electrons. The van der Waals surface area contributed by atoms with Gasteiger partial charge in [0.2, 0.25) is 5.95 Å². The number of methoxy groups -OCH3 is 1. The minimum atomic E-state index is -0.127. The third kappa shape index (κ3) is 5.28. The quantitative estimate of drug-likeness (QED) is 0.341. The fraction of sp³-hybridized carbons (Fsp3) is 0.433. The first-order valence-corrected chi connectivity index (χ1v) is 14.5. The number of rotatable bonds is 7. The molecule has 2 aliphatic rings. The number of imidazole rings is 1. The highest BCUT2D eigenvalue weighted by Gasteiger charge is 2.22. The van der Waals surface area contributed by atoms with Crippen molar-refractivity contribution in [2.75, 3.05) is 61.1 Å². The van der Waals surface area contributed by atoms with Crippen LogP contribution >= 0.6 is 11.6 Å². The van der Waals surface area contributed by atoms with E-state index in [9.17, 15) is 5.11 Å². The number of hydrogen-bond acceptors (Lipinski definition) is 8. The van der Waals surface area contributed by atoms with Gasteiger partial charge in [0.15, 0.2) is 0 Å². The highest BCUT2D eigenvalue weighted by molar-refractivity contribution is 6.32. The molecule has 0 aliphatic carbocycles. The summed E-state index contributed by atoms with van der Waals surface area (Å²) in [5.74, 6) is 2.23. The van der Waals surface area contributed by atoms with E-state index in [1.54, 1.807) is 19.2 Å². The Morgan fingerprint density at radius 3 is 2.30 bits per heavy atom. The number of nitrogens with zero attached hydrogens (tertiary/aromatic N) is 7. The van der Waals surface area contributed by atoms with Crippen LogP contribution < -0.4 is 19.4 Å². The highest BCUT2D eigenvalue weighted by Crippen LogP contribution is 2.34. The van der Waals surface area contributed by atoms with E-state index < -0.39 is 0 Å². The van der Waals surface area contributed by atoms with Crippen molar-refractivity contribution in [1.82, 2.24) is 19.4 Å². The summed E-state index contributed by atoms with van der Waals surface area (Å²) in [6.07, 6.45) is 11.7. The zero-order valence-electron chi connectivity index (χ0n) is 23.1. The highest BCUT2D eigenvalue weighted by atomic mass is 35.5. The Labute approximate surface area is 240 Å². The number of piperazine rings is 1. The Morgan fingerprint density at radius 2 is 1.65 bits per heavy atom. The Bertz CT molecular complexity index is 1460. The van der Waals surface area contributed by atoms with Crippen LogP contribution in [0.4, 0.5) is 17.3 Å². The summed E-state index contributed by atoms with van der Waals surface area (Å²) in [4.78, 5) is 21.4. The molecule has 0 radical (unpaired) electrons. The summed E-state index contributed by atoms with van der Waals surface area (Å²) in [7, 11) is 1.56. The summed E-state index contributed by atoms with van der Waals surface area (Å²) in [6, 6.07) is 7.81. The van der Waals surface area contributed by atoms with E-state index in [4.69, 9.17) is 31.3 Å². The molecule has 4 aromatic rings. The minimum Gasteiger partial charge on any atom is -0.495 e. The van der Waals surface area contributed by atoms with Crippen LogP contribution in [0.25, 0.3) is 16.9 Å². The first-order chi connectivity index (χ1) is 19.6. The van der Waals surface area contributed by atoms with Crippen molar-refractivity contribution in [2.45, 2.75) is 32.8 Å². The molecule has 0 atom stereocenters. The lowest BCUT2D eigenvalue weighted by molar-refractivity contribution is 0.281. The Balaban J connectivity index is 1.12. The van der Waals surface area contributed by atoms with E-state index in [1.807, 2.05) is 29.2 Å². The number of halogens is 1. The van der Waals surface area contributed by atoms with Crippen LogP contribution in [-0.2, 0) is 6.61 Å². The molecule has 0 amide bonds. The second kappa shape index (κ2) is 11.5. The lowest BCUT2D eigenvalue weighted by atomic mass is 9.95. The van der Waals surface area contributed by atoms with Crippen LogP contribution in [0.3, 0.4) is 0 Å². The first-order valence-electron chi connectivity index (χ1n) is 14.1. The van der Waals surface area contributed by atoms with Crippen LogP contribution in [0, 0.1) is 5.92 Å². The van der Waals surface area contributed by atoms with Gasteiger partial charge in [-0.3, -0.25) is 0 Å². The SMILES string of the molecule is CCC1CCN(c2ncc(N3CCN(c4ccn5cc(-c6cc(Cl)c(OC)cc6CO)nc5c4)CC3)cn2)CC1. The van der Waals surface area contributed by atoms with E-state index in [-0.39, 0.29) is 6.61 Å². The van der Waals surface area contributed by atoms with E-state index in [0.29, 0.717) is 10.8 Å². The monoisotopic (exact) mass is 561 g/mol. The molecular weight excluding hydrogens is 526 g/mol. The molecule has 1 N–H and O–H groups in total. The molecule has 9 nitrogen and oxygen atoms in total. The lowest BCUT2D eigenvalue weighted by Gasteiger charge is -2.37. The van der Waals surface area contributed by atoms with Crippen molar-refractivity contribution in [3.63, 3.8) is 0 Å². The maximum atomic E-state index is 9.92. The van der Waals surface area contributed by atoms with Crippen LogP contribution in [0.15, 0.2) is 49.1 Å². The van der Waals surface area contributed by atoms with Gasteiger partial charge >= 0.3 is 0 Å². The van der Waals surface area contributed by atoms with Gasteiger partial charge in [-0.05, 0) is 42.5 Å². The average molecular weight is 562 g/mol. The van der Waals surface area contributed by atoms with Gasteiger partial charge < -0.3 is 28.9 Å². The smallest absolute Gasteiger partial charge is 0.225 e. The lowest BCUT2D eigenvalue weighted by Crippen LogP contribution is -2.46. The molecular formula is C30H36ClN7O2. The average Bonchev–Trinajstić information content (AvgIpc) is 3.44. The normalized spacial score (nSPS) is 16.6. The van der Waals surface area contributed by atoms with E-state index in [0.717, 1.165) is 85.0 Å². The zero-order chi connectivity index (χ0) is 27.6. The molecule has 5 heterocycles. The van der Waals surface area contributed by atoms with Gasteiger partial charge in [-0.25, -0.2) is 15.0 Å². The second-order valence-electron chi connectivity index (χ2n) is 10.6. The van der Waals surface area contributed by atoms with Gasteiger partial charge in [0, 0.05) is 69.0 Å². The molecule has 0 saturated carbocycles. The predicted octanol–water partition coefficient (Wildman–Crippen LogP) is 4.90. The number of ether oxygens (including phenoxy) is 1. The zero-order valence-corrected chi connectivity index (χ0v) is 23.9. The molecule has 2 saturated heterocycles. The topological polar surface area (TPSA) is 82.3 Å². The Kier molecular flexibility index (Phi) is 7.67. The molecule has 40 heavy (non-hydrogen) atoms. The summed E-state index contributed by atoms with van der Waals surface area (Å²) < 4.78 is 7.30. The molecule has 2 aliphatic heterocycles. The van der Waals surface area contributed by atoms with Crippen LogP contribution in [-0.4, -0.2) is 70.8 Å². The van der Waals surface area contributed by atoms with Gasteiger partial charge in [-0.15, -0.1) is 0 Å². The van der Waals surface area contributed by atoms with Gasteiger partial charge in [0.05, 0.1) is 42.5 Å². The molecule has 3 aromatic heterocycles. The van der Waals surface area contributed by atoms with E-state index in [1.165, 1.54) is 19.3 Å². The maximum Gasteiger partial charge on any atom is 0.225 e. The van der Waals surface area contributed by atoms with E-state index in [2.05, 4.69) is 33.8 Å². The maximum absolute atomic E-state index is 9.92. The van der Waals surface area contributed by atoms with Crippen molar-refractivity contribution < 1.29 is 9.84 Å². The third-order valence-electron chi connectivity index (χ3n) is 8.38. The van der Waals surface area contributed by atoms with Crippen LogP contribution in [0.2, 0.25) is 5.02 Å². The minimum absolute atomic E-state index is 0.127. The second-order valence-corrected chi connectivity index (χ2v) is 11.0. The number of aliphatic hydroxyl groups is 1. The standard InChI is InChI=1S/C30H36ClN7O2/c1-3-21-4-7-37(8-5-21)30-32-17-24(18-33-30)36-12-10-35(11-13-36)23-6-9-38-19-27(34-29(38)15-23)25-16-26(31)28(40-2)14-22(25)20-39/h6,9,14-19,21,39H,3-5,7-8,10-13,20H2,1-2H3. The molecule has 0 bridgehead atoms. The summed E-state index contributed by atoms with van der Waals surface area (Å²) in [5.41, 5.74) is 5.34. The van der Waals surface area contributed by atoms with E-state index >= 15 is 0 Å². The Hall–Kier alpha value is -3.56. The van der Waals surface area contributed by atoms with Gasteiger partial charge in [0.25, 0.3) is 0 Å². The van der Waals surface area contributed by atoms with Gasteiger partial charge in [0.1, 0.15) is 11.4 Å².